The van der Waals surface area contributed by atoms with E-state index in [0.29, 0.717) is 68.3 Å². The Morgan fingerprint density at radius 1 is 0.915 bits per heavy atom. The van der Waals surface area contributed by atoms with E-state index in [1.54, 1.807) is 17.0 Å². The van der Waals surface area contributed by atoms with Gasteiger partial charge in [0.25, 0.3) is 5.91 Å². The van der Waals surface area contributed by atoms with E-state index in [4.69, 9.17) is 14.2 Å². The van der Waals surface area contributed by atoms with E-state index in [1.807, 2.05) is 24.3 Å². The van der Waals surface area contributed by atoms with Crippen molar-refractivity contribution in [3.05, 3.63) is 97.5 Å². The normalized spacial score (nSPS) is 16.5. The topological polar surface area (TPSA) is 157 Å². The summed E-state index contributed by atoms with van der Waals surface area (Å²) in [7, 11) is 1.29. The molecule has 4 heterocycles. The molecule has 2 fully saturated rings. The first-order chi connectivity index (χ1) is 27.9. The highest BCUT2D eigenvalue weighted by Gasteiger charge is 2.44. The molecule has 0 saturated carbocycles. The Bertz CT molecular complexity index is 2250. The van der Waals surface area contributed by atoms with Crippen LogP contribution in [0.5, 0.6) is 5.75 Å². The number of benzene rings is 2. The summed E-state index contributed by atoms with van der Waals surface area (Å²) in [6.07, 6.45) is -10.6. The minimum atomic E-state index is -5.38. The van der Waals surface area contributed by atoms with Gasteiger partial charge in [-0.3, -0.25) is 14.5 Å². The number of fused-ring (bicyclic) bond motifs is 1. The number of amides is 1. The molecular weight excluding hydrogens is 815 g/mol. The number of hydrogen-bond donors (Lipinski definition) is 2. The molecule has 0 radical (unpaired) electrons. The van der Waals surface area contributed by atoms with Crippen LogP contribution in [0.2, 0.25) is 0 Å². The molecule has 0 unspecified atom stereocenters. The number of esters is 3. The molecule has 1 amide bonds. The lowest BCUT2D eigenvalue weighted by atomic mass is 9.89. The maximum Gasteiger partial charge on any atom is 0.491 e. The number of likely N-dealkylation sites (tertiary alicyclic amines) is 1. The molecule has 6 rings (SSSR count). The lowest BCUT2D eigenvalue weighted by Crippen LogP contribution is -2.57. The van der Waals surface area contributed by atoms with Crippen molar-refractivity contribution in [1.29, 1.82) is 0 Å². The van der Waals surface area contributed by atoms with Crippen LogP contribution in [0.4, 0.5) is 26.3 Å². The van der Waals surface area contributed by atoms with Gasteiger partial charge >= 0.3 is 30.3 Å². The highest BCUT2D eigenvalue weighted by atomic mass is 32.1. The number of morpholine rings is 1. The predicted molar refractivity (Wildman–Crippen MR) is 199 cm³/mol. The molecule has 316 valence electrons. The Kier molecular flexibility index (Phi) is 13.1. The second kappa shape index (κ2) is 17.9. The van der Waals surface area contributed by atoms with E-state index in [9.17, 15) is 50.3 Å². The highest BCUT2D eigenvalue weighted by molar-refractivity contribution is 7.15. The van der Waals surface area contributed by atoms with Crippen LogP contribution in [0.3, 0.4) is 0 Å². The summed E-state index contributed by atoms with van der Waals surface area (Å²) in [5.41, 5.74) is 0.100. The highest BCUT2D eigenvalue weighted by Crippen LogP contribution is 2.35. The monoisotopic (exact) mass is 852 g/mol. The van der Waals surface area contributed by atoms with E-state index in [1.165, 1.54) is 7.11 Å². The zero-order chi connectivity index (χ0) is 42.5. The number of ether oxygens (including phenoxy) is 4. The number of thiophene rings is 1. The molecule has 2 aromatic carbocycles. The van der Waals surface area contributed by atoms with Gasteiger partial charge in [0.2, 0.25) is 5.56 Å². The molecule has 4 aromatic rings. The molecule has 1 atom stereocenters. The second-order valence-electron chi connectivity index (χ2n) is 14.0. The van der Waals surface area contributed by atoms with Crippen molar-refractivity contribution in [3.8, 4) is 5.75 Å². The van der Waals surface area contributed by atoms with Gasteiger partial charge in [0.05, 0.1) is 36.3 Å². The minimum absolute atomic E-state index is 0.104. The molecule has 0 aliphatic carbocycles. The number of hydrogen-bond acceptors (Lipinski definition) is 12. The number of alkyl halides is 6. The number of nitrogens with zero attached hydrogens (tertiary/aromatic N) is 2. The summed E-state index contributed by atoms with van der Waals surface area (Å²) in [5, 5.41) is 2.85. The molecule has 2 saturated heterocycles. The Hall–Kier alpha value is -5.31. The molecule has 0 bridgehead atoms. The van der Waals surface area contributed by atoms with Crippen LogP contribution in [-0.4, -0.2) is 110 Å². The molecule has 2 N–H and O–H groups in total. The number of aromatic nitrogens is 1. The third-order valence-corrected chi connectivity index (χ3v) is 11.0. The molecule has 13 nitrogen and oxygen atoms in total. The number of methoxy groups -OCH3 is 1. The number of rotatable bonds is 12. The first kappa shape index (κ1) is 43.3. The number of carbonyl (C=O) groups excluding carboxylic acids is 4. The summed E-state index contributed by atoms with van der Waals surface area (Å²) in [4.78, 5) is 67.8. The van der Waals surface area contributed by atoms with E-state index < -0.39 is 58.8 Å². The molecule has 59 heavy (non-hydrogen) atoms. The number of carbonyl (C=O) groups is 4. The van der Waals surface area contributed by atoms with E-state index >= 15 is 0 Å². The predicted octanol–water partition coefficient (Wildman–Crippen LogP) is 5.33. The minimum Gasteiger partial charge on any atom is -0.465 e. The van der Waals surface area contributed by atoms with Crippen LogP contribution < -0.4 is 15.6 Å². The van der Waals surface area contributed by atoms with Gasteiger partial charge in [0.1, 0.15) is 11.0 Å². The molecule has 20 heteroatoms. The van der Waals surface area contributed by atoms with E-state index in [0.717, 1.165) is 46.7 Å². The molecule has 2 aromatic heterocycles. The smallest absolute Gasteiger partial charge is 0.465 e. The first-order valence-electron chi connectivity index (χ1n) is 18.3. The van der Waals surface area contributed by atoms with E-state index in [2.05, 4.69) is 19.9 Å². The Balaban J connectivity index is 1.05. The third kappa shape index (κ3) is 10.7. The van der Waals surface area contributed by atoms with Crippen LogP contribution in [0, 0.1) is 0 Å². The van der Waals surface area contributed by atoms with Crippen molar-refractivity contribution < 1.29 is 64.5 Å². The second-order valence-corrected chi connectivity index (χ2v) is 15.1. The summed E-state index contributed by atoms with van der Waals surface area (Å²) >= 11 is 1.09. The van der Waals surface area contributed by atoms with Crippen LogP contribution in [0.1, 0.15) is 55.0 Å². The van der Waals surface area contributed by atoms with Crippen LogP contribution >= 0.6 is 11.3 Å². The quantitative estimate of drug-likeness (QED) is 0.0823. The van der Waals surface area contributed by atoms with Crippen molar-refractivity contribution in [2.24, 2.45) is 0 Å². The van der Waals surface area contributed by atoms with Crippen molar-refractivity contribution in [2.75, 3.05) is 53.0 Å². The zero-order valence-corrected chi connectivity index (χ0v) is 32.2. The van der Waals surface area contributed by atoms with Crippen LogP contribution in [0.15, 0.2) is 65.5 Å². The number of piperidine rings is 1. The molecule has 2 aliphatic heterocycles. The number of pyridine rings is 1. The van der Waals surface area contributed by atoms with Gasteiger partial charge in [0.15, 0.2) is 5.75 Å². The van der Waals surface area contributed by atoms with Crippen molar-refractivity contribution in [3.63, 3.8) is 0 Å². The summed E-state index contributed by atoms with van der Waals surface area (Å²) in [5.74, 6) is -6.47. The fourth-order valence-electron chi connectivity index (χ4n) is 7.05. The van der Waals surface area contributed by atoms with Crippen LogP contribution in [-0.2, 0) is 36.8 Å². The average molecular weight is 853 g/mol. The Morgan fingerprint density at radius 2 is 1.63 bits per heavy atom. The lowest BCUT2D eigenvalue weighted by Gasteiger charge is -2.47. The summed E-state index contributed by atoms with van der Waals surface area (Å²) in [6.45, 7) is 3.18. The SMILES string of the molecule is COC(=O)c1ccc(C(=O)N2CCOC3(CCN(Cc4cccc(CCNC[C@H](OC(=O)C(F)(F)F)c5ccc(OC(=O)C(F)(F)F)c6[nH]c(=O)ccc56)c4)CC3)C2)s1. The van der Waals surface area contributed by atoms with Crippen LogP contribution in [0.25, 0.3) is 10.9 Å². The fourth-order valence-corrected chi connectivity index (χ4v) is 7.94. The summed E-state index contributed by atoms with van der Waals surface area (Å²) < 4.78 is 98.9. The van der Waals surface area contributed by atoms with Gasteiger partial charge in [-0.25, -0.2) is 14.4 Å². The Labute approximate surface area is 336 Å². The molecule has 2 aliphatic rings. The number of halogens is 6. The standard InChI is InChI=1S/C39H38F6N4O9S/c1-55-34(52)30-9-8-29(59-30)33(51)49-17-18-56-37(22-49)12-15-48(16-13-37)21-24-4-2-3-23(19-24)11-14-46-20-28(58-36(54)39(43,44)45)25-5-7-27(57-35(53)38(40,41)42)32-26(25)6-10-31(50)47-32/h2-10,19,28,46H,11-18,20-22H2,1H3,(H,47,50)/t28-/m0/s1. The van der Waals surface area contributed by atoms with Gasteiger partial charge in [-0.1, -0.05) is 30.3 Å². The third-order valence-electron chi connectivity index (χ3n) is 9.98. The molecular formula is C39H38F6N4O9S. The van der Waals surface area contributed by atoms with E-state index in [-0.39, 0.29) is 29.9 Å². The van der Waals surface area contributed by atoms with Crippen molar-refractivity contribution in [2.45, 2.75) is 49.9 Å². The van der Waals surface area contributed by atoms with Gasteiger partial charge in [-0.2, -0.15) is 26.3 Å². The van der Waals surface area contributed by atoms with Gasteiger partial charge in [-0.05, 0) is 61.2 Å². The Morgan fingerprint density at radius 3 is 2.34 bits per heavy atom. The maximum atomic E-state index is 13.3. The van der Waals surface area contributed by atoms with Crippen molar-refractivity contribution in [1.82, 2.24) is 20.1 Å². The lowest BCUT2D eigenvalue weighted by molar-refractivity contribution is -0.205. The largest absolute Gasteiger partial charge is 0.491 e. The first-order valence-corrected chi connectivity index (χ1v) is 19.1. The number of aromatic amines is 1. The zero-order valence-electron chi connectivity index (χ0n) is 31.4. The summed E-state index contributed by atoms with van der Waals surface area (Å²) in [6, 6.07) is 14.9. The fraction of sp³-hybridized carbons (Fsp3) is 0.410. The number of nitrogens with one attached hydrogen (secondary N) is 2. The van der Waals surface area contributed by atoms with Crippen molar-refractivity contribution >= 4 is 46.1 Å². The maximum absolute atomic E-state index is 13.3. The van der Waals surface area contributed by atoms with Gasteiger partial charge in [-0.15, -0.1) is 11.3 Å². The van der Waals surface area contributed by atoms with Gasteiger partial charge < -0.3 is 34.1 Å². The van der Waals surface area contributed by atoms with Gasteiger partial charge in [0, 0.05) is 49.7 Å². The average Bonchev–Trinajstić information content (AvgIpc) is 3.70. The molecule has 1 spiro atoms. The number of H-pyrrole nitrogens is 1.